The highest BCUT2D eigenvalue weighted by Gasteiger charge is 2.06. The molecule has 16 heavy (non-hydrogen) atoms. The van der Waals surface area contributed by atoms with Gasteiger partial charge in [-0.25, -0.2) is 0 Å². The molecule has 0 aliphatic rings. The first-order valence-electron chi connectivity index (χ1n) is 4.75. The van der Waals surface area contributed by atoms with Gasteiger partial charge in [-0.15, -0.1) is 0 Å². The van der Waals surface area contributed by atoms with Gasteiger partial charge >= 0.3 is 0 Å². The number of carbonyl (C=O) groups is 1. The smallest absolute Gasteiger partial charge is 0.234 e. The highest BCUT2D eigenvalue weighted by molar-refractivity contribution is 7.81. The zero-order valence-electron chi connectivity index (χ0n) is 8.89. The Hall–Kier alpha value is -1.68. The van der Waals surface area contributed by atoms with Gasteiger partial charge in [0.1, 0.15) is 0 Å². The van der Waals surface area contributed by atoms with Crippen molar-refractivity contribution in [1.29, 1.82) is 0 Å². The second-order valence-electron chi connectivity index (χ2n) is 3.06. The molecule has 0 saturated heterocycles. The van der Waals surface area contributed by atoms with Gasteiger partial charge in [0, 0.05) is 12.4 Å². The molecule has 0 aromatic carbocycles. The van der Waals surface area contributed by atoms with Gasteiger partial charge in [0.15, 0.2) is 0 Å². The van der Waals surface area contributed by atoms with Crippen molar-refractivity contribution in [1.82, 2.24) is 9.88 Å². The molecule has 4 heteroatoms. The minimum Gasteiger partial charge on any atom is -0.324 e. The molecule has 1 N–H and O–H groups in total. The number of hydrogen-bond acceptors (Lipinski definition) is 2. The second kappa shape index (κ2) is 6.02. The van der Waals surface area contributed by atoms with E-state index in [2.05, 4.69) is 31.1 Å². The van der Waals surface area contributed by atoms with Crippen LogP contribution in [0, 0.1) is 0 Å². The van der Waals surface area contributed by atoms with E-state index in [0.29, 0.717) is 11.4 Å². The van der Waals surface area contributed by atoms with E-state index < -0.39 is 0 Å². The van der Waals surface area contributed by atoms with Crippen molar-refractivity contribution in [3.8, 4) is 0 Å². The van der Waals surface area contributed by atoms with Crippen LogP contribution in [0.1, 0.15) is 0 Å². The third kappa shape index (κ3) is 3.17. The minimum atomic E-state index is -0.176. The molecule has 0 unspecified atom stereocenters. The quantitative estimate of drug-likeness (QED) is 0.593. The Morgan fingerprint density at radius 2 is 2.06 bits per heavy atom. The number of rotatable bonds is 5. The summed E-state index contributed by atoms with van der Waals surface area (Å²) in [5.41, 5.74) is 1.30. The molecule has 1 aromatic heterocycles. The van der Waals surface area contributed by atoms with Crippen molar-refractivity contribution in [3.05, 3.63) is 55.5 Å². The summed E-state index contributed by atoms with van der Waals surface area (Å²) < 4.78 is 1.81. The van der Waals surface area contributed by atoms with Gasteiger partial charge in [0.25, 0.3) is 0 Å². The predicted molar refractivity (Wildman–Crippen MR) is 70.0 cm³/mol. The summed E-state index contributed by atoms with van der Waals surface area (Å²) in [5.74, 6) is -0.0438. The number of nitrogens with one attached hydrogen (secondary N) is 1. The van der Waals surface area contributed by atoms with Crippen LogP contribution in [0.4, 0.5) is 0 Å². The van der Waals surface area contributed by atoms with Gasteiger partial charge in [-0.2, -0.15) is 12.6 Å². The second-order valence-corrected chi connectivity index (χ2v) is 3.38. The highest BCUT2D eigenvalue weighted by atomic mass is 32.1. The molecule has 1 heterocycles. The fraction of sp³-hybridized carbons (Fsp3) is 0.0833. The van der Waals surface area contributed by atoms with Crippen LogP contribution in [0.15, 0.2) is 55.5 Å². The summed E-state index contributed by atoms with van der Waals surface area (Å²) in [7, 11) is 0. The molecule has 0 aliphatic carbocycles. The van der Waals surface area contributed by atoms with Crippen molar-refractivity contribution in [3.63, 3.8) is 0 Å². The van der Waals surface area contributed by atoms with Crippen molar-refractivity contribution in [2.24, 2.45) is 0 Å². The standard InChI is InChI=1S/C12H14N2OS/c1-3-6-11(13-12(15)9-16)10(2)14-7-4-5-8-14/h3-8,16H,1-2,9H2,(H,13,15)/b11-6+. The van der Waals surface area contributed by atoms with Gasteiger partial charge in [-0.05, 0) is 18.2 Å². The molecular weight excluding hydrogens is 220 g/mol. The molecule has 0 fully saturated rings. The first-order chi connectivity index (χ1) is 7.69. The molecule has 0 radical (unpaired) electrons. The molecule has 1 amide bonds. The van der Waals surface area contributed by atoms with E-state index in [1.165, 1.54) is 0 Å². The number of hydrogen-bond donors (Lipinski definition) is 2. The van der Waals surface area contributed by atoms with Crippen molar-refractivity contribution in [2.75, 3.05) is 5.75 Å². The van der Waals surface area contributed by atoms with Gasteiger partial charge in [-0.1, -0.05) is 19.2 Å². The van der Waals surface area contributed by atoms with Crippen LogP contribution in [-0.2, 0) is 4.79 Å². The maximum absolute atomic E-state index is 11.3. The third-order valence-electron chi connectivity index (χ3n) is 1.93. The lowest BCUT2D eigenvalue weighted by Gasteiger charge is -2.12. The normalized spacial score (nSPS) is 10.9. The fourth-order valence-electron chi connectivity index (χ4n) is 1.17. The largest absolute Gasteiger partial charge is 0.324 e. The van der Waals surface area contributed by atoms with E-state index in [4.69, 9.17) is 0 Å². The Morgan fingerprint density at radius 1 is 1.44 bits per heavy atom. The average Bonchev–Trinajstić information content (AvgIpc) is 2.80. The first kappa shape index (κ1) is 12.4. The molecule has 0 atom stereocenters. The topological polar surface area (TPSA) is 34.0 Å². The molecule has 84 valence electrons. The average molecular weight is 234 g/mol. The van der Waals surface area contributed by atoms with Crippen LogP contribution in [0.3, 0.4) is 0 Å². The first-order valence-corrected chi connectivity index (χ1v) is 5.38. The number of amides is 1. The molecule has 1 aromatic rings. The fourth-order valence-corrected chi connectivity index (χ4v) is 1.25. The minimum absolute atomic E-state index is 0.132. The van der Waals surface area contributed by atoms with Crippen LogP contribution in [-0.4, -0.2) is 16.2 Å². The monoisotopic (exact) mass is 234 g/mol. The summed E-state index contributed by atoms with van der Waals surface area (Å²) in [5, 5.41) is 2.71. The van der Waals surface area contributed by atoms with Crippen LogP contribution in [0.2, 0.25) is 0 Å². The Bertz CT molecular complexity index is 418. The van der Waals surface area contributed by atoms with E-state index in [1.54, 1.807) is 12.2 Å². The number of allylic oxidation sites excluding steroid dienone is 3. The number of thiol groups is 1. The van der Waals surface area contributed by atoms with Crippen LogP contribution in [0.5, 0.6) is 0 Å². The molecular formula is C12H14N2OS. The lowest BCUT2D eigenvalue weighted by Crippen LogP contribution is -2.25. The van der Waals surface area contributed by atoms with Crippen molar-refractivity contribution >= 4 is 24.2 Å². The van der Waals surface area contributed by atoms with E-state index in [1.807, 2.05) is 29.1 Å². The van der Waals surface area contributed by atoms with E-state index in [9.17, 15) is 4.79 Å². The SMILES string of the molecule is C=C/C=C(/NC(=O)CS)C(=C)n1cccc1. The molecule has 0 aliphatic heterocycles. The lowest BCUT2D eigenvalue weighted by molar-refractivity contribution is -0.117. The summed E-state index contributed by atoms with van der Waals surface area (Å²) >= 11 is 3.90. The highest BCUT2D eigenvalue weighted by Crippen LogP contribution is 2.11. The molecule has 1 rings (SSSR count). The number of nitrogens with zero attached hydrogens (tertiary/aromatic N) is 1. The lowest BCUT2D eigenvalue weighted by atomic mass is 10.3. The molecule has 0 bridgehead atoms. The Morgan fingerprint density at radius 3 is 2.56 bits per heavy atom. The van der Waals surface area contributed by atoms with Crippen LogP contribution < -0.4 is 5.32 Å². The van der Waals surface area contributed by atoms with Crippen molar-refractivity contribution < 1.29 is 4.79 Å². The summed E-state index contributed by atoms with van der Waals surface area (Å²) in [4.78, 5) is 11.3. The van der Waals surface area contributed by atoms with Gasteiger partial charge < -0.3 is 9.88 Å². The molecule has 3 nitrogen and oxygen atoms in total. The van der Waals surface area contributed by atoms with Gasteiger partial charge in [-0.3, -0.25) is 4.79 Å². The van der Waals surface area contributed by atoms with E-state index in [0.717, 1.165) is 0 Å². The van der Waals surface area contributed by atoms with Gasteiger partial charge in [0.05, 0.1) is 17.1 Å². The Balaban J connectivity index is 2.87. The maximum atomic E-state index is 11.3. The van der Waals surface area contributed by atoms with Crippen LogP contribution in [0.25, 0.3) is 5.70 Å². The third-order valence-corrected chi connectivity index (χ3v) is 2.22. The maximum Gasteiger partial charge on any atom is 0.234 e. The predicted octanol–water partition coefficient (Wildman–Crippen LogP) is 2.07. The zero-order valence-corrected chi connectivity index (χ0v) is 9.78. The Labute approximate surface area is 101 Å². The van der Waals surface area contributed by atoms with Crippen LogP contribution >= 0.6 is 12.6 Å². The van der Waals surface area contributed by atoms with Crippen molar-refractivity contribution in [2.45, 2.75) is 0 Å². The summed E-state index contributed by atoms with van der Waals surface area (Å²) in [6.07, 6.45) is 7.00. The summed E-state index contributed by atoms with van der Waals surface area (Å²) in [6.45, 7) is 7.51. The Kier molecular flexibility index (Phi) is 4.66. The van der Waals surface area contributed by atoms with E-state index >= 15 is 0 Å². The molecule has 0 spiro atoms. The molecule has 0 saturated carbocycles. The zero-order chi connectivity index (χ0) is 12.0. The van der Waals surface area contributed by atoms with E-state index in [-0.39, 0.29) is 11.7 Å². The van der Waals surface area contributed by atoms with Gasteiger partial charge in [0.2, 0.25) is 5.91 Å². The summed E-state index contributed by atoms with van der Waals surface area (Å²) in [6, 6.07) is 3.77. The number of carbonyl (C=O) groups excluding carboxylic acids is 1. The number of aromatic nitrogens is 1.